The van der Waals surface area contributed by atoms with Gasteiger partial charge in [0, 0.05) is 0 Å². The Morgan fingerprint density at radius 2 is 1.16 bits per heavy atom. The third-order valence-electron chi connectivity index (χ3n) is 5.08. The predicted molar refractivity (Wildman–Crippen MR) is 102 cm³/mol. The third-order valence-corrected chi connectivity index (χ3v) is 5.08. The summed E-state index contributed by atoms with van der Waals surface area (Å²) < 4.78 is 0. The number of aliphatic hydroxyl groups is 3. The fourth-order valence-electron chi connectivity index (χ4n) is 3.16. The van der Waals surface area contributed by atoms with Crippen LogP contribution in [0.15, 0.2) is 0 Å². The topological polar surface area (TPSA) is 81.0 Å². The molecule has 1 amide bonds. The summed E-state index contributed by atoms with van der Waals surface area (Å²) >= 11 is 0. The maximum Gasteiger partial charge on any atom is 0.234 e. The minimum absolute atomic E-state index is 0.264. The first-order chi connectivity index (χ1) is 12.1. The lowest BCUT2D eigenvalue weighted by atomic mass is 9.84. The average molecular weight is 360 g/mol. The Balaban J connectivity index is 3.72. The molecule has 0 saturated heterocycles. The summed E-state index contributed by atoms with van der Waals surface area (Å²) in [5.41, 5.74) is -0.913. The molecule has 0 aliphatic heterocycles. The second kappa shape index (κ2) is 15.6. The van der Waals surface area contributed by atoms with Crippen LogP contribution in [0.5, 0.6) is 0 Å². The largest absolute Gasteiger partial charge is 0.395 e. The van der Waals surface area contributed by atoms with Crippen molar-refractivity contribution in [3.05, 3.63) is 0 Å². The minimum atomic E-state index is -0.913. The van der Waals surface area contributed by atoms with Gasteiger partial charge in [0.2, 0.25) is 5.91 Å². The van der Waals surface area contributed by atoms with Crippen LogP contribution in [0.3, 0.4) is 0 Å². The highest BCUT2D eigenvalue weighted by molar-refractivity contribution is 5.82. The predicted octanol–water partition coefficient (Wildman–Crippen LogP) is 3.80. The number of aliphatic hydroxyl groups excluding tert-OH is 3. The highest BCUT2D eigenvalue weighted by Gasteiger charge is 2.35. The monoisotopic (exact) mass is 359 g/mol. The molecule has 0 saturated carbocycles. The summed E-state index contributed by atoms with van der Waals surface area (Å²) in [5, 5.41) is 27.7. The molecule has 1 unspecified atom stereocenters. The van der Waals surface area contributed by atoms with Crippen molar-refractivity contribution in [1.29, 1.82) is 0 Å². The van der Waals surface area contributed by atoms with Gasteiger partial charge in [-0.05, 0) is 13.3 Å². The van der Waals surface area contributed by atoms with Crippen LogP contribution in [0.1, 0.15) is 97.3 Å². The molecule has 5 nitrogen and oxygen atoms in total. The van der Waals surface area contributed by atoms with E-state index >= 15 is 0 Å². The molecular weight excluding hydrogens is 318 g/mol. The van der Waals surface area contributed by atoms with Gasteiger partial charge in [0.15, 0.2) is 0 Å². The smallest absolute Gasteiger partial charge is 0.234 e. The van der Waals surface area contributed by atoms with E-state index in [2.05, 4.69) is 6.92 Å². The van der Waals surface area contributed by atoms with Crippen molar-refractivity contribution < 1.29 is 20.1 Å². The number of hydrogen-bond acceptors (Lipinski definition) is 4. The number of carbonyl (C=O) groups excluding carboxylic acids is 1. The summed E-state index contributed by atoms with van der Waals surface area (Å²) in [6.45, 7) is 2.63. The second-order valence-electron chi connectivity index (χ2n) is 7.49. The number of amides is 1. The van der Waals surface area contributed by atoms with Gasteiger partial charge >= 0.3 is 0 Å². The van der Waals surface area contributed by atoms with Crippen molar-refractivity contribution >= 4 is 5.91 Å². The van der Waals surface area contributed by atoms with Crippen LogP contribution in [-0.2, 0) is 4.79 Å². The molecule has 0 aromatic rings. The molecule has 1 atom stereocenters. The van der Waals surface area contributed by atoms with E-state index in [4.69, 9.17) is 10.2 Å². The van der Waals surface area contributed by atoms with Gasteiger partial charge in [-0.2, -0.15) is 0 Å². The van der Waals surface area contributed by atoms with Gasteiger partial charge in [0.05, 0.1) is 12.0 Å². The van der Waals surface area contributed by atoms with Crippen LogP contribution in [-0.4, -0.2) is 46.2 Å². The maximum atomic E-state index is 12.2. The Morgan fingerprint density at radius 1 is 0.760 bits per heavy atom. The number of carbonyl (C=O) groups is 1. The Bertz CT molecular complexity index is 321. The molecule has 5 heteroatoms. The van der Waals surface area contributed by atoms with Crippen molar-refractivity contribution in [3.8, 4) is 0 Å². The Labute approximate surface area is 154 Å². The van der Waals surface area contributed by atoms with Gasteiger partial charge in [0.1, 0.15) is 13.5 Å². The van der Waals surface area contributed by atoms with Crippen molar-refractivity contribution in [2.45, 2.75) is 97.3 Å². The van der Waals surface area contributed by atoms with E-state index < -0.39 is 18.9 Å². The summed E-state index contributed by atoms with van der Waals surface area (Å²) in [7, 11) is 0. The standard InChI is InChI=1S/C20H41NO4/c1-3-4-5-6-7-8-9-10-11-12-13-14-15-20(2,16-22)19(25)21(17-23)18-24/h22-24H,3-18H2,1-2H3. The van der Waals surface area contributed by atoms with Crippen molar-refractivity contribution in [1.82, 2.24) is 4.90 Å². The number of rotatable bonds is 17. The fraction of sp³-hybridized carbons (Fsp3) is 0.950. The normalized spacial score (nSPS) is 13.6. The average Bonchev–Trinajstić information content (AvgIpc) is 2.63. The van der Waals surface area contributed by atoms with Crippen LogP contribution in [0.25, 0.3) is 0 Å². The molecule has 25 heavy (non-hydrogen) atoms. The van der Waals surface area contributed by atoms with Crippen LogP contribution in [0, 0.1) is 5.41 Å². The first kappa shape index (κ1) is 24.4. The van der Waals surface area contributed by atoms with Crippen LogP contribution in [0.4, 0.5) is 0 Å². The summed E-state index contributed by atoms with van der Waals surface area (Å²) in [4.78, 5) is 13.2. The van der Waals surface area contributed by atoms with Gasteiger partial charge in [-0.3, -0.25) is 9.69 Å². The number of hydrogen-bond donors (Lipinski definition) is 3. The molecule has 0 heterocycles. The molecule has 0 bridgehead atoms. The number of nitrogens with zero attached hydrogens (tertiary/aromatic N) is 1. The maximum absolute atomic E-state index is 12.2. The molecular formula is C20H41NO4. The highest BCUT2D eigenvalue weighted by Crippen LogP contribution is 2.27. The zero-order valence-electron chi connectivity index (χ0n) is 16.5. The van der Waals surface area contributed by atoms with E-state index in [-0.39, 0.29) is 12.5 Å². The fourth-order valence-corrected chi connectivity index (χ4v) is 3.16. The molecule has 0 spiro atoms. The highest BCUT2D eigenvalue weighted by atomic mass is 16.3. The Kier molecular flexibility index (Phi) is 15.2. The lowest BCUT2D eigenvalue weighted by Gasteiger charge is -2.31. The third kappa shape index (κ3) is 10.8. The zero-order valence-corrected chi connectivity index (χ0v) is 16.5. The van der Waals surface area contributed by atoms with E-state index in [9.17, 15) is 9.90 Å². The molecule has 0 radical (unpaired) electrons. The van der Waals surface area contributed by atoms with Gasteiger partial charge in [-0.25, -0.2) is 0 Å². The second-order valence-corrected chi connectivity index (χ2v) is 7.49. The number of unbranched alkanes of at least 4 members (excludes halogenated alkanes) is 11. The van der Waals surface area contributed by atoms with E-state index in [0.717, 1.165) is 24.2 Å². The van der Waals surface area contributed by atoms with Gasteiger partial charge in [0.25, 0.3) is 0 Å². The lowest BCUT2D eigenvalue weighted by Crippen LogP contribution is -2.45. The van der Waals surface area contributed by atoms with Crippen LogP contribution >= 0.6 is 0 Å². The summed E-state index contributed by atoms with van der Waals surface area (Å²) in [6.07, 6.45) is 15.6. The minimum Gasteiger partial charge on any atom is -0.395 e. The van der Waals surface area contributed by atoms with E-state index in [1.54, 1.807) is 6.92 Å². The Morgan fingerprint density at radius 3 is 1.52 bits per heavy atom. The van der Waals surface area contributed by atoms with Crippen LogP contribution in [0.2, 0.25) is 0 Å². The molecule has 0 aromatic carbocycles. The summed E-state index contributed by atoms with van der Waals surface area (Å²) in [6, 6.07) is 0. The quantitative estimate of drug-likeness (QED) is 0.272. The van der Waals surface area contributed by atoms with E-state index in [0.29, 0.717) is 6.42 Å². The molecule has 0 aliphatic carbocycles. The summed E-state index contributed by atoms with van der Waals surface area (Å²) in [5.74, 6) is -0.386. The van der Waals surface area contributed by atoms with Crippen molar-refractivity contribution in [2.75, 3.05) is 20.1 Å². The Hall–Kier alpha value is -0.650. The molecule has 0 rings (SSSR count). The van der Waals surface area contributed by atoms with E-state index in [1.807, 2.05) is 0 Å². The lowest BCUT2D eigenvalue weighted by molar-refractivity contribution is -0.152. The van der Waals surface area contributed by atoms with Crippen molar-refractivity contribution in [3.63, 3.8) is 0 Å². The first-order valence-electron chi connectivity index (χ1n) is 10.2. The molecule has 0 aromatic heterocycles. The molecule has 0 fully saturated rings. The van der Waals surface area contributed by atoms with Gasteiger partial charge < -0.3 is 15.3 Å². The van der Waals surface area contributed by atoms with Crippen LogP contribution < -0.4 is 0 Å². The molecule has 3 N–H and O–H groups in total. The van der Waals surface area contributed by atoms with Gasteiger partial charge in [-0.15, -0.1) is 0 Å². The molecule has 150 valence electrons. The zero-order chi connectivity index (χ0) is 19.0. The van der Waals surface area contributed by atoms with Crippen molar-refractivity contribution in [2.24, 2.45) is 5.41 Å². The van der Waals surface area contributed by atoms with Gasteiger partial charge in [-0.1, -0.05) is 84.0 Å². The SMILES string of the molecule is CCCCCCCCCCCCCCC(C)(CO)C(=O)N(CO)CO. The molecule has 0 aliphatic rings. The first-order valence-corrected chi connectivity index (χ1v) is 10.2. The van der Waals surface area contributed by atoms with E-state index in [1.165, 1.54) is 57.8 Å².